The molecule has 0 heterocycles. The van der Waals surface area contributed by atoms with Gasteiger partial charge in [0.15, 0.2) is 0 Å². The molecule has 0 amide bonds. The second-order valence-corrected chi connectivity index (χ2v) is 7.16. The third-order valence-electron chi connectivity index (χ3n) is 3.85. The van der Waals surface area contributed by atoms with Gasteiger partial charge in [-0.1, -0.05) is 72.6 Å². The summed E-state index contributed by atoms with van der Waals surface area (Å²) in [7, 11) is 0. The number of carbonyl (C=O) groups excluding carboxylic acids is 1. The van der Waals surface area contributed by atoms with Gasteiger partial charge in [-0.2, -0.15) is 0 Å². The molecule has 2 nitrogen and oxygen atoms in total. The lowest BCUT2D eigenvalue weighted by molar-refractivity contribution is -0.143. The maximum atomic E-state index is 11.5. The van der Waals surface area contributed by atoms with Crippen molar-refractivity contribution in [1.82, 2.24) is 0 Å². The fraction of sp³-hybridized carbons (Fsp3) is 0.947. The number of hydrogen-bond donors (Lipinski definition) is 0. The number of rotatable bonds is 14. The molecule has 126 valence electrons. The van der Waals surface area contributed by atoms with E-state index >= 15 is 0 Å². The minimum absolute atomic E-state index is 0.00399. The van der Waals surface area contributed by atoms with Crippen molar-refractivity contribution in [2.45, 2.75) is 98.3 Å². The van der Waals surface area contributed by atoms with E-state index in [1.165, 1.54) is 44.9 Å². The average molecular weight is 299 g/mol. The summed E-state index contributed by atoms with van der Waals surface area (Å²) in [5.74, 6) is 1.54. The van der Waals surface area contributed by atoms with Gasteiger partial charge in [0, 0.05) is 6.42 Å². The molecular weight excluding hydrogens is 260 g/mol. The van der Waals surface area contributed by atoms with Crippen LogP contribution in [0.5, 0.6) is 0 Å². The summed E-state index contributed by atoms with van der Waals surface area (Å²) in [5.41, 5.74) is 0. The standard InChI is InChI=1S/C19H38O2/c1-17(2)13-10-8-6-5-7-9-11-15-19(20)21-16-12-14-18(3)4/h17-18H,5-16H2,1-4H3. The van der Waals surface area contributed by atoms with Gasteiger partial charge in [-0.05, 0) is 31.1 Å². The fourth-order valence-electron chi connectivity index (χ4n) is 2.46. The summed E-state index contributed by atoms with van der Waals surface area (Å²) in [4.78, 5) is 11.5. The van der Waals surface area contributed by atoms with Crippen molar-refractivity contribution in [2.24, 2.45) is 11.8 Å². The van der Waals surface area contributed by atoms with Crippen molar-refractivity contribution in [1.29, 1.82) is 0 Å². The van der Waals surface area contributed by atoms with Crippen LogP contribution in [0.2, 0.25) is 0 Å². The Morgan fingerprint density at radius 2 is 1.19 bits per heavy atom. The van der Waals surface area contributed by atoms with Crippen LogP contribution < -0.4 is 0 Å². The molecule has 0 aromatic heterocycles. The average Bonchev–Trinajstić information content (AvgIpc) is 2.41. The zero-order chi connectivity index (χ0) is 15.9. The number of unbranched alkanes of at least 4 members (excludes halogenated alkanes) is 6. The SMILES string of the molecule is CC(C)CCCCCCCCCC(=O)OCCCC(C)C. The fourth-order valence-corrected chi connectivity index (χ4v) is 2.46. The van der Waals surface area contributed by atoms with Crippen molar-refractivity contribution in [3.8, 4) is 0 Å². The lowest BCUT2D eigenvalue weighted by atomic mass is 10.0. The molecule has 0 fully saturated rings. The third-order valence-corrected chi connectivity index (χ3v) is 3.85. The molecule has 0 aliphatic heterocycles. The Bertz CT molecular complexity index is 234. The summed E-state index contributed by atoms with van der Waals surface area (Å²) in [5, 5.41) is 0. The largest absolute Gasteiger partial charge is 0.466 e. The molecule has 0 saturated carbocycles. The lowest BCUT2D eigenvalue weighted by Crippen LogP contribution is -2.06. The zero-order valence-corrected chi connectivity index (χ0v) is 15.0. The highest BCUT2D eigenvalue weighted by Crippen LogP contribution is 2.12. The number of hydrogen-bond acceptors (Lipinski definition) is 2. The van der Waals surface area contributed by atoms with E-state index in [1.807, 2.05) is 0 Å². The molecule has 0 atom stereocenters. The Morgan fingerprint density at radius 3 is 1.76 bits per heavy atom. The highest BCUT2D eigenvalue weighted by molar-refractivity contribution is 5.69. The number of ether oxygens (including phenoxy) is 1. The molecule has 0 radical (unpaired) electrons. The Labute approximate surface area is 133 Å². The summed E-state index contributed by atoms with van der Waals surface area (Å²) in [6, 6.07) is 0. The predicted octanol–water partition coefficient (Wildman–Crippen LogP) is 6.13. The quantitative estimate of drug-likeness (QED) is 0.285. The second kappa shape index (κ2) is 14.4. The minimum atomic E-state index is -0.00399. The molecule has 0 aromatic rings. The van der Waals surface area contributed by atoms with Gasteiger partial charge in [0.25, 0.3) is 0 Å². The van der Waals surface area contributed by atoms with Gasteiger partial charge < -0.3 is 4.74 Å². The van der Waals surface area contributed by atoms with Crippen LogP contribution in [0.25, 0.3) is 0 Å². The third kappa shape index (κ3) is 17.4. The first-order valence-electron chi connectivity index (χ1n) is 9.18. The number of esters is 1. The molecule has 0 aliphatic rings. The van der Waals surface area contributed by atoms with E-state index in [4.69, 9.17) is 4.74 Å². The first-order chi connectivity index (χ1) is 10.0. The summed E-state index contributed by atoms with van der Waals surface area (Å²) in [6.07, 6.45) is 13.0. The van der Waals surface area contributed by atoms with Crippen LogP contribution in [0.15, 0.2) is 0 Å². The van der Waals surface area contributed by atoms with Crippen molar-refractivity contribution in [3.63, 3.8) is 0 Å². The predicted molar refractivity (Wildman–Crippen MR) is 91.4 cm³/mol. The zero-order valence-electron chi connectivity index (χ0n) is 15.0. The van der Waals surface area contributed by atoms with E-state index < -0.39 is 0 Å². The maximum absolute atomic E-state index is 11.5. The van der Waals surface area contributed by atoms with E-state index in [2.05, 4.69) is 27.7 Å². The molecule has 0 spiro atoms. The van der Waals surface area contributed by atoms with Gasteiger partial charge >= 0.3 is 5.97 Å². The minimum Gasteiger partial charge on any atom is -0.466 e. The Balaban J connectivity index is 3.18. The van der Waals surface area contributed by atoms with E-state index in [-0.39, 0.29) is 5.97 Å². The van der Waals surface area contributed by atoms with Gasteiger partial charge in [-0.25, -0.2) is 0 Å². The van der Waals surface area contributed by atoms with Crippen LogP contribution in [0.4, 0.5) is 0 Å². The van der Waals surface area contributed by atoms with E-state index in [9.17, 15) is 4.79 Å². The molecule has 21 heavy (non-hydrogen) atoms. The lowest BCUT2D eigenvalue weighted by Gasteiger charge is -2.06. The summed E-state index contributed by atoms with van der Waals surface area (Å²) >= 11 is 0. The van der Waals surface area contributed by atoms with E-state index in [0.717, 1.165) is 25.2 Å². The molecular formula is C19H38O2. The molecule has 2 heteroatoms. The van der Waals surface area contributed by atoms with Crippen molar-refractivity contribution < 1.29 is 9.53 Å². The van der Waals surface area contributed by atoms with Crippen LogP contribution in [0, 0.1) is 11.8 Å². The number of carbonyl (C=O) groups is 1. The van der Waals surface area contributed by atoms with Crippen molar-refractivity contribution in [2.75, 3.05) is 6.61 Å². The maximum Gasteiger partial charge on any atom is 0.305 e. The highest BCUT2D eigenvalue weighted by Gasteiger charge is 2.03. The monoisotopic (exact) mass is 298 g/mol. The van der Waals surface area contributed by atoms with Gasteiger partial charge in [0.1, 0.15) is 0 Å². The van der Waals surface area contributed by atoms with Gasteiger partial charge in [0.05, 0.1) is 6.61 Å². The molecule has 0 bridgehead atoms. The van der Waals surface area contributed by atoms with Gasteiger partial charge in [0.2, 0.25) is 0 Å². The highest BCUT2D eigenvalue weighted by atomic mass is 16.5. The molecule has 0 rings (SSSR count). The van der Waals surface area contributed by atoms with Crippen LogP contribution >= 0.6 is 0 Å². The van der Waals surface area contributed by atoms with E-state index in [1.54, 1.807) is 0 Å². The van der Waals surface area contributed by atoms with Crippen molar-refractivity contribution in [3.05, 3.63) is 0 Å². The topological polar surface area (TPSA) is 26.3 Å². The summed E-state index contributed by atoms with van der Waals surface area (Å²) in [6.45, 7) is 9.59. The Morgan fingerprint density at radius 1 is 0.714 bits per heavy atom. The van der Waals surface area contributed by atoms with Gasteiger partial charge in [-0.3, -0.25) is 4.79 Å². The summed E-state index contributed by atoms with van der Waals surface area (Å²) < 4.78 is 5.24. The smallest absolute Gasteiger partial charge is 0.305 e. The van der Waals surface area contributed by atoms with Crippen LogP contribution in [0.1, 0.15) is 98.3 Å². The normalized spacial score (nSPS) is 11.3. The molecule has 0 aromatic carbocycles. The van der Waals surface area contributed by atoms with Crippen LogP contribution in [-0.4, -0.2) is 12.6 Å². The molecule has 0 aliphatic carbocycles. The second-order valence-electron chi connectivity index (χ2n) is 7.16. The Kier molecular flexibility index (Phi) is 14.0. The van der Waals surface area contributed by atoms with Crippen molar-refractivity contribution >= 4 is 5.97 Å². The first-order valence-corrected chi connectivity index (χ1v) is 9.18. The van der Waals surface area contributed by atoms with E-state index in [0.29, 0.717) is 18.9 Å². The first kappa shape index (κ1) is 20.5. The van der Waals surface area contributed by atoms with Crippen LogP contribution in [0.3, 0.4) is 0 Å². The van der Waals surface area contributed by atoms with Crippen LogP contribution in [-0.2, 0) is 9.53 Å². The Hall–Kier alpha value is -0.530. The van der Waals surface area contributed by atoms with Gasteiger partial charge in [-0.15, -0.1) is 0 Å². The molecule has 0 N–H and O–H groups in total. The molecule has 0 unspecified atom stereocenters. The molecule has 0 saturated heterocycles.